The van der Waals surface area contributed by atoms with Gasteiger partial charge >= 0.3 is 0 Å². The highest BCUT2D eigenvalue weighted by molar-refractivity contribution is 7.17. The highest BCUT2D eigenvalue weighted by atomic mass is 32.1. The van der Waals surface area contributed by atoms with Crippen LogP contribution in [0.15, 0.2) is 90.0 Å². The molecule has 194 valence electrons. The molecule has 0 fully saturated rings. The van der Waals surface area contributed by atoms with Crippen LogP contribution in [0.3, 0.4) is 0 Å². The van der Waals surface area contributed by atoms with Crippen LogP contribution >= 0.6 is 11.3 Å². The van der Waals surface area contributed by atoms with Crippen molar-refractivity contribution in [3.05, 3.63) is 112 Å². The fraction of sp³-hybridized carbons (Fsp3) is 0.107. The van der Waals surface area contributed by atoms with Gasteiger partial charge in [0.15, 0.2) is 5.13 Å². The lowest BCUT2D eigenvalue weighted by Crippen LogP contribution is -2.19. The van der Waals surface area contributed by atoms with Gasteiger partial charge in [-0.25, -0.2) is 10.4 Å². The summed E-state index contributed by atoms with van der Waals surface area (Å²) < 4.78 is 0. The van der Waals surface area contributed by atoms with E-state index in [1.807, 2.05) is 68.4 Å². The fourth-order valence-corrected chi connectivity index (χ4v) is 4.43. The lowest BCUT2D eigenvalue weighted by molar-refractivity contribution is 0.0955. The number of aromatic nitrogens is 1. The van der Waals surface area contributed by atoms with Crippen molar-refractivity contribution in [2.24, 2.45) is 5.10 Å². The number of hydrazone groups is 1. The third kappa shape index (κ3) is 6.83. The Labute approximate surface area is 224 Å². The number of aryl methyl sites for hydroxylation is 1. The Bertz CT molecular complexity index is 1430. The Morgan fingerprint density at radius 2 is 1.66 bits per heavy atom. The molecular formula is C28H27N6O3S-. The lowest BCUT2D eigenvalue weighted by Gasteiger charge is -2.21. The number of nitrogens with zero attached hydrogens (tertiary/aromatic N) is 4. The normalized spacial score (nSPS) is 11.4. The standard InChI is InChI=1S/C28H27N6O3S/c1-19-26(38-28(29-19)30-22-12-16-24(17-13-22)34(36)37)25(31-32-27(35)21-7-5-4-6-8-21)18-11-20-9-14-23(15-10-20)33(2)3/h4-18,36H,1-3H3,(H,29,30)(H,32,35)/q-1/b18-11+,31-25+. The molecule has 3 aromatic carbocycles. The van der Waals surface area contributed by atoms with Gasteiger partial charge in [-0.2, -0.15) is 5.10 Å². The first-order valence-corrected chi connectivity index (χ1v) is 12.5. The van der Waals surface area contributed by atoms with Crippen LogP contribution in [0.2, 0.25) is 0 Å². The molecule has 0 spiro atoms. The number of carbonyl (C=O) groups excluding carboxylic acids is 1. The van der Waals surface area contributed by atoms with E-state index in [1.54, 1.807) is 36.4 Å². The molecule has 0 bridgehead atoms. The van der Waals surface area contributed by atoms with E-state index in [9.17, 15) is 10.0 Å². The molecule has 9 nitrogen and oxygen atoms in total. The Balaban J connectivity index is 1.61. The molecule has 1 aromatic heterocycles. The summed E-state index contributed by atoms with van der Waals surface area (Å²) in [6, 6.07) is 23.3. The molecule has 1 heterocycles. The van der Waals surface area contributed by atoms with Crippen LogP contribution < -0.4 is 20.9 Å². The average Bonchev–Trinajstić information content (AvgIpc) is 3.29. The zero-order valence-electron chi connectivity index (χ0n) is 21.1. The van der Waals surface area contributed by atoms with Gasteiger partial charge in [0.25, 0.3) is 5.91 Å². The SMILES string of the molecule is Cc1nc(Nc2ccc(N([O-])O)cc2)sc1C(/C=C/c1ccc(N(C)C)cc1)=N/NC(=O)c1ccccc1. The van der Waals surface area contributed by atoms with Crippen molar-refractivity contribution in [1.82, 2.24) is 10.4 Å². The van der Waals surface area contributed by atoms with Crippen LogP contribution in [0, 0.1) is 12.1 Å². The summed E-state index contributed by atoms with van der Waals surface area (Å²) >= 11 is 1.38. The Kier molecular flexibility index (Phi) is 8.49. The third-order valence-corrected chi connectivity index (χ3v) is 6.62. The molecule has 0 unspecified atom stereocenters. The number of allylic oxidation sites excluding steroid dienone is 1. The van der Waals surface area contributed by atoms with Crippen LogP contribution in [0.1, 0.15) is 26.5 Å². The van der Waals surface area contributed by atoms with Crippen molar-refractivity contribution in [2.45, 2.75) is 6.92 Å². The van der Waals surface area contributed by atoms with E-state index < -0.39 is 0 Å². The number of rotatable bonds is 9. The Hall–Kier alpha value is -4.51. The van der Waals surface area contributed by atoms with Gasteiger partial charge in [-0.05, 0) is 67.1 Å². The average molecular weight is 528 g/mol. The minimum atomic E-state index is -0.316. The van der Waals surface area contributed by atoms with Crippen molar-refractivity contribution in [3.63, 3.8) is 0 Å². The second-order valence-corrected chi connectivity index (χ2v) is 9.50. The molecule has 0 aliphatic rings. The van der Waals surface area contributed by atoms with Crippen LogP contribution in [0.25, 0.3) is 6.08 Å². The summed E-state index contributed by atoms with van der Waals surface area (Å²) in [4.78, 5) is 20.1. The summed E-state index contributed by atoms with van der Waals surface area (Å²) in [6.45, 7) is 1.87. The first-order valence-electron chi connectivity index (χ1n) is 11.7. The van der Waals surface area contributed by atoms with E-state index in [-0.39, 0.29) is 16.8 Å². The maximum Gasteiger partial charge on any atom is 0.271 e. The summed E-state index contributed by atoms with van der Waals surface area (Å²) in [5.74, 6) is -0.316. The van der Waals surface area contributed by atoms with Gasteiger partial charge in [-0.15, -0.1) is 0 Å². The fourth-order valence-electron chi connectivity index (χ4n) is 3.47. The van der Waals surface area contributed by atoms with Crippen LogP contribution in [-0.4, -0.2) is 35.9 Å². The second-order valence-electron chi connectivity index (χ2n) is 8.50. The number of hydrogen-bond acceptors (Lipinski definition) is 9. The monoisotopic (exact) mass is 527 g/mol. The number of thiazole rings is 1. The zero-order valence-corrected chi connectivity index (χ0v) is 21.9. The van der Waals surface area contributed by atoms with Gasteiger partial charge in [0, 0.05) is 31.0 Å². The lowest BCUT2D eigenvalue weighted by atomic mass is 10.1. The van der Waals surface area contributed by atoms with E-state index in [0.717, 1.165) is 21.8 Å². The molecule has 38 heavy (non-hydrogen) atoms. The summed E-state index contributed by atoms with van der Waals surface area (Å²) in [5.41, 5.74) is 7.33. The van der Waals surface area contributed by atoms with Gasteiger partial charge < -0.3 is 20.7 Å². The number of hydrogen-bond donors (Lipinski definition) is 3. The molecule has 0 saturated heterocycles. The smallest absolute Gasteiger partial charge is 0.271 e. The van der Waals surface area contributed by atoms with Crippen LogP contribution in [0.4, 0.5) is 22.2 Å². The molecule has 4 aromatic rings. The molecule has 0 saturated carbocycles. The molecule has 10 heteroatoms. The van der Waals surface area contributed by atoms with E-state index in [1.165, 1.54) is 23.5 Å². The first kappa shape index (κ1) is 26.6. The van der Waals surface area contributed by atoms with Crippen molar-refractivity contribution in [2.75, 3.05) is 29.5 Å². The van der Waals surface area contributed by atoms with Crippen molar-refractivity contribution in [3.8, 4) is 0 Å². The van der Waals surface area contributed by atoms with Gasteiger partial charge in [0.2, 0.25) is 0 Å². The topological polar surface area (TPSA) is 116 Å². The maximum absolute atomic E-state index is 12.6. The highest BCUT2D eigenvalue weighted by Crippen LogP contribution is 2.28. The van der Waals surface area contributed by atoms with Gasteiger partial charge in [-0.3, -0.25) is 10.0 Å². The Morgan fingerprint density at radius 1 is 1.00 bits per heavy atom. The molecule has 3 N–H and O–H groups in total. The molecule has 0 radical (unpaired) electrons. The molecule has 4 rings (SSSR count). The molecule has 0 aliphatic heterocycles. The number of nitrogens with one attached hydrogen (secondary N) is 2. The number of amides is 1. The minimum Gasteiger partial charge on any atom is -0.733 e. The van der Waals surface area contributed by atoms with Crippen LogP contribution in [0.5, 0.6) is 0 Å². The number of anilines is 4. The maximum atomic E-state index is 12.6. The molecule has 1 amide bonds. The van der Waals surface area contributed by atoms with E-state index in [0.29, 0.717) is 22.1 Å². The van der Waals surface area contributed by atoms with Gasteiger partial charge in [0.05, 0.1) is 16.3 Å². The van der Waals surface area contributed by atoms with Crippen molar-refractivity contribution >= 4 is 51.2 Å². The first-order chi connectivity index (χ1) is 18.3. The molecule has 0 atom stereocenters. The summed E-state index contributed by atoms with van der Waals surface area (Å²) in [6.07, 6.45) is 3.78. The summed E-state index contributed by atoms with van der Waals surface area (Å²) in [7, 11) is 3.98. The third-order valence-electron chi connectivity index (χ3n) is 5.53. The van der Waals surface area contributed by atoms with E-state index in [2.05, 4.69) is 20.8 Å². The van der Waals surface area contributed by atoms with E-state index >= 15 is 0 Å². The van der Waals surface area contributed by atoms with Gasteiger partial charge in [0.1, 0.15) is 5.71 Å². The largest absolute Gasteiger partial charge is 0.733 e. The van der Waals surface area contributed by atoms with E-state index in [4.69, 9.17) is 5.21 Å². The summed E-state index contributed by atoms with van der Waals surface area (Å²) in [5, 5.41) is 28.1. The zero-order chi connectivity index (χ0) is 27.1. The van der Waals surface area contributed by atoms with Crippen molar-refractivity contribution in [1.29, 1.82) is 0 Å². The van der Waals surface area contributed by atoms with Gasteiger partial charge in [-0.1, -0.05) is 47.7 Å². The number of carbonyl (C=O) groups is 1. The second kappa shape index (κ2) is 12.2. The highest BCUT2D eigenvalue weighted by Gasteiger charge is 2.14. The Morgan fingerprint density at radius 3 is 2.29 bits per heavy atom. The predicted molar refractivity (Wildman–Crippen MR) is 154 cm³/mol. The minimum absolute atomic E-state index is 0.124. The van der Waals surface area contributed by atoms with Crippen molar-refractivity contribution < 1.29 is 10.0 Å². The quantitative estimate of drug-likeness (QED) is 0.186. The van der Waals surface area contributed by atoms with Crippen LogP contribution in [-0.2, 0) is 0 Å². The molecular weight excluding hydrogens is 500 g/mol. The molecule has 0 aliphatic carbocycles. The number of benzene rings is 3. The predicted octanol–water partition coefficient (Wildman–Crippen LogP) is 5.80.